The van der Waals surface area contributed by atoms with E-state index >= 15 is 0 Å². The van der Waals surface area contributed by atoms with Gasteiger partial charge in [0, 0.05) is 50.9 Å². The number of hydrogen-bond donors (Lipinski definition) is 0. The lowest BCUT2D eigenvalue weighted by atomic mass is 10.0. The van der Waals surface area contributed by atoms with E-state index in [0.29, 0.717) is 17.5 Å². The van der Waals surface area contributed by atoms with Crippen molar-refractivity contribution in [1.29, 1.82) is 0 Å². The highest BCUT2D eigenvalue weighted by molar-refractivity contribution is 5.93. The first-order valence-corrected chi connectivity index (χ1v) is 14.4. The van der Waals surface area contributed by atoms with Crippen molar-refractivity contribution in [1.82, 2.24) is 19.9 Å². The van der Waals surface area contributed by atoms with E-state index in [9.17, 15) is 0 Å². The lowest BCUT2D eigenvalue weighted by Crippen LogP contribution is -2.18. The summed E-state index contributed by atoms with van der Waals surface area (Å²) in [4.78, 5) is 25.9. The zero-order valence-corrected chi connectivity index (χ0v) is 25.3. The van der Waals surface area contributed by atoms with E-state index in [1.807, 2.05) is 135 Å². The Bertz CT molecular complexity index is 1930. The Hall–Kier alpha value is -5.75. The van der Waals surface area contributed by atoms with Gasteiger partial charge in [-0.3, -0.25) is 9.98 Å². The fourth-order valence-corrected chi connectivity index (χ4v) is 5.11. The van der Waals surface area contributed by atoms with Crippen LogP contribution in [0.1, 0.15) is 26.3 Å². The molecule has 0 radical (unpaired) electrons. The third-order valence-corrected chi connectivity index (χ3v) is 7.00. The summed E-state index contributed by atoms with van der Waals surface area (Å²) in [7, 11) is 0. The summed E-state index contributed by atoms with van der Waals surface area (Å²) in [5, 5.41) is 0.957. The van der Waals surface area contributed by atoms with Gasteiger partial charge in [-0.25, -0.2) is 15.0 Å². The topological polar surface area (TPSA) is 67.2 Å². The molecule has 0 fully saturated rings. The summed E-state index contributed by atoms with van der Waals surface area (Å²) in [6.07, 6.45) is 13.6. The van der Waals surface area contributed by atoms with Gasteiger partial charge in [0.15, 0.2) is 17.5 Å². The van der Waals surface area contributed by atoms with Crippen molar-refractivity contribution < 1.29 is 0 Å². The maximum Gasteiger partial charge on any atom is 0.164 e. The molecule has 0 atom stereocenters. The highest BCUT2D eigenvalue weighted by Crippen LogP contribution is 2.35. The molecular weight excluding hydrogens is 540 g/mol. The van der Waals surface area contributed by atoms with E-state index in [4.69, 9.17) is 15.0 Å². The van der Waals surface area contributed by atoms with Gasteiger partial charge in [0.2, 0.25) is 0 Å². The Morgan fingerprint density at radius 1 is 0.727 bits per heavy atom. The quantitative estimate of drug-likeness (QED) is 0.123. The minimum atomic E-state index is 0.531. The maximum atomic E-state index is 5.04. The van der Waals surface area contributed by atoms with Crippen LogP contribution in [0.5, 0.6) is 0 Å². The fourth-order valence-electron chi connectivity index (χ4n) is 5.11. The van der Waals surface area contributed by atoms with Gasteiger partial charge >= 0.3 is 0 Å². The molecule has 0 aliphatic carbocycles. The maximum absolute atomic E-state index is 5.04. The number of aliphatic imine (C=N–C) groups is 1. The van der Waals surface area contributed by atoms with Crippen LogP contribution in [-0.4, -0.2) is 26.7 Å². The number of anilines is 1. The molecule has 5 rings (SSSR count). The largest absolute Gasteiger partial charge is 0.312 e. The number of fused-ring (bicyclic) bond motifs is 1. The van der Waals surface area contributed by atoms with Crippen LogP contribution >= 0.6 is 0 Å². The van der Waals surface area contributed by atoms with E-state index in [1.165, 1.54) is 0 Å². The molecule has 0 saturated heterocycles. The number of benzene rings is 3. The van der Waals surface area contributed by atoms with Crippen molar-refractivity contribution in [2.45, 2.75) is 20.8 Å². The van der Waals surface area contributed by atoms with Gasteiger partial charge < -0.3 is 4.90 Å². The predicted octanol–water partition coefficient (Wildman–Crippen LogP) is 9.77. The van der Waals surface area contributed by atoms with Gasteiger partial charge in [-0.2, -0.15) is 0 Å². The van der Waals surface area contributed by atoms with Crippen molar-refractivity contribution in [3.8, 4) is 34.2 Å². The molecule has 216 valence electrons. The molecule has 44 heavy (non-hydrogen) atoms. The number of pyridine rings is 1. The normalized spacial score (nSPS) is 11.5. The number of allylic oxidation sites excluding steroid dienone is 5. The highest BCUT2D eigenvalue weighted by atomic mass is 15.1. The van der Waals surface area contributed by atoms with Crippen molar-refractivity contribution in [2.24, 2.45) is 4.99 Å². The van der Waals surface area contributed by atoms with E-state index in [0.717, 1.165) is 55.9 Å². The first-order chi connectivity index (χ1) is 21.5. The molecule has 0 amide bonds. The van der Waals surface area contributed by atoms with Crippen molar-refractivity contribution in [2.75, 3.05) is 4.90 Å². The van der Waals surface area contributed by atoms with E-state index in [2.05, 4.69) is 29.9 Å². The van der Waals surface area contributed by atoms with E-state index in [-0.39, 0.29) is 0 Å². The molecule has 2 aromatic heterocycles. The first-order valence-electron chi connectivity index (χ1n) is 14.4. The summed E-state index contributed by atoms with van der Waals surface area (Å²) in [5.74, 6) is 1.61. The van der Waals surface area contributed by atoms with Crippen LogP contribution in [0.3, 0.4) is 0 Å². The minimum absolute atomic E-state index is 0.531. The van der Waals surface area contributed by atoms with E-state index in [1.54, 1.807) is 6.20 Å². The van der Waals surface area contributed by atoms with Crippen LogP contribution in [0.2, 0.25) is 0 Å². The van der Waals surface area contributed by atoms with Crippen LogP contribution in [0, 0.1) is 0 Å². The molecule has 6 nitrogen and oxygen atoms in total. The smallest absolute Gasteiger partial charge is 0.164 e. The highest BCUT2D eigenvalue weighted by Gasteiger charge is 2.18. The summed E-state index contributed by atoms with van der Waals surface area (Å²) in [5.41, 5.74) is 7.49. The lowest BCUT2D eigenvalue weighted by Gasteiger charge is -2.26. The zero-order valence-electron chi connectivity index (χ0n) is 25.3. The molecule has 6 heteroatoms. The van der Waals surface area contributed by atoms with Gasteiger partial charge in [0.05, 0.1) is 11.2 Å². The molecule has 2 heterocycles. The fraction of sp³-hybridized carbons (Fsp3) is 0.0789. The van der Waals surface area contributed by atoms with E-state index < -0.39 is 0 Å². The van der Waals surface area contributed by atoms with Crippen LogP contribution in [0.25, 0.3) is 51.1 Å². The summed E-state index contributed by atoms with van der Waals surface area (Å²) in [6, 6.07) is 23.9. The monoisotopic (exact) mass is 574 g/mol. The first kappa shape index (κ1) is 29.7. The molecule has 0 saturated carbocycles. The molecular formula is C38H34N6. The average Bonchev–Trinajstić information content (AvgIpc) is 3.05. The number of hydrogen-bond acceptors (Lipinski definition) is 6. The van der Waals surface area contributed by atoms with Gasteiger partial charge in [-0.15, -0.1) is 0 Å². The second-order valence-corrected chi connectivity index (χ2v) is 9.95. The second-order valence-electron chi connectivity index (χ2n) is 9.95. The summed E-state index contributed by atoms with van der Waals surface area (Å²) >= 11 is 0. The Morgan fingerprint density at radius 2 is 1.39 bits per heavy atom. The van der Waals surface area contributed by atoms with Gasteiger partial charge in [-0.1, -0.05) is 79.9 Å². The van der Waals surface area contributed by atoms with Crippen molar-refractivity contribution in [3.05, 3.63) is 139 Å². The summed E-state index contributed by atoms with van der Waals surface area (Å²) in [6.45, 7) is 18.3. The summed E-state index contributed by atoms with van der Waals surface area (Å²) < 4.78 is 0. The molecule has 3 aromatic carbocycles. The standard InChI is InChI=1S/C38H34N6/c1-7-14-26(4)44(27(5)15-8-2)29-18-10-17-28(25-29)36-41-37(32-19-11-22-34(39-6)30(32)16-9-3)43-38(42-36)33-20-12-23-35-31(33)21-13-24-40-35/h7-25H,4-6H2,1-3H3/b14-7-,15-8-,16-9-. The molecule has 0 N–H and O–H groups in total. The van der Waals surface area contributed by atoms with Gasteiger partial charge in [0.1, 0.15) is 0 Å². The molecule has 0 aliphatic rings. The number of rotatable bonds is 10. The van der Waals surface area contributed by atoms with Gasteiger partial charge in [0.25, 0.3) is 0 Å². The van der Waals surface area contributed by atoms with Crippen LogP contribution < -0.4 is 4.90 Å². The zero-order chi connectivity index (χ0) is 31.1. The average molecular weight is 575 g/mol. The molecule has 0 bridgehead atoms. The molecule has 0 spiro atoms. The second kappa shape index (κ2) is 13.5. The molecule has 0 unspecified atom stereocenters. The predicted molar refractivity (Wildman–Crippen MR) is 186 cm³/mol. The van der Waals surface area contributed by atoms with Crippen molar-refractivity contribution >= 4 is 35.1 Å². The van der Waals surface area contributed by atoms with Crippen LogP contribution in [0.4, 0.5) is 11.4 Å². The Labute approximate surface area is 258 Å². The SMILES string of the molecule is C=Nc1cccc(-c2nc(-c3cccc(N(C(=C)/C=C\C)C(=C)/C=C\C)c3)nc(-c3cccc4ncccc34)n2)c1/C=C\C. The lowest BCUT2D eigenvalue weighted by molar-refractivity contribution is 1.07. The Balaban J connectivity index is 1.77. The third kappa shape index (κ3) is 6.05. The Morgan fingerprint density at radius 3 is 2.09 bits per heavy atom. The van der Waals surface area contributed by atoms with Gasteiger partial charge in [-0.05, 0) is 70.0 Å². The number of nitrogens with zero attached hydrogens (tertiary/aromatic N) is 6. The minimum Gasteiger partial charge on any atom is -0.312 e. The number of aromatic nitrogens is 4. The van der Waals surface area contributed by atoms with Crippen molar-refractivity contribution in [3.63, 3.8) is 0 Å². The van der Waals surface area contributed by atoms with Crippen LogP contribution in [-0.2, 0) is 0 Å². The molecule has 5 aromatic rings. The van der Waals surface area contributed by atoms with Crippen LogP contribution in [0.15, 0.2) is 139 Å². The Kier molecular flexibility index (Phi) is 9.11. The third-order valence-electron chi connectivity index (χ3n) is 7.00. The molecule has 0 aliphatic heterocycles.